The van der Waals surface area contributed by atoms with E-state index in [1.54, 1.807) is 7.11 Å². The van der Waals surface area contributed by atoms with E-state index in [0.717, 1.165) is 49.9 Å². The normalized spacial score (nSPS) is 21.7. The summed E-state index contributed by atoms with van der Waals surface area (Å²) < 4.78 is 6.99. The Hall–Kier alpha value is -1.92. The highest BCUT2D eigenvalue weighted by Gasteiger charge is 2.46. The molecule has 1 atom stereocenters. The van der Waals surface area contributed by atoms with Gasteiger partial charge in [0, 0.05) is 25.2 Å². The zero-order chi connectivity index (χ0) is 18.9. The second kappa shape index (κ2) is 7.60. The van der Waals surface area contributed by atoms with Crippen LogP contribution in [0, 0.1) is 0 Å². The Morgan fingerprint density at radius 3 is 2.74 bits per heavy atom. The standard InChI is InChI=1S/C20H25ClN4O2/c1-27-14-17-12-25(23-22-17)18-8-11-24(13-18)19(26)20(9-2-3-10-20)15-4-6-16(21)7-5-15/h4-7,12,18H,2-3,8-11,13-14H2,1H3/t18-/m0/s1. The first-order valence-electron chi connectivity index (χ1n) is 9.57. The average Bonchev–Trinajstić information content (AvgIpc) is 3.42. The van der Waals surface area contributed by atoms with Crippen LogP contribution < -0.4 is 0 Å². The Bertz CT molecular complexity index is 799. The van der Waals surface area contributed by atoms with E-state index in [2.05, 4.69) is 10.3 Å². The lowest BCUT2D eigenvalue weighted by molar-refractivity contribution is -0.136. The van der Waals surface area contributed by atoms with Gasteiger partial charge in [0.1, 0.15) is 5.69 Å². The van der Waals surface area contributed by atoms with Crippen LogP contribution in [0.4, 0.5) is 0 Å². The summed E-state index contributed by atoms with van der Waals surface area (Å²) in [4.78, 5) is 15.6. The van der Waals surface area contributed by atoms with Gasteiger partial charge in [0.2, 0.25) is 5.91 Å². The van der Waals surface area contributed by atoms with Gasteiger partial charge in [-0.05, 0) is 37.0 Å². The molecule has 1 aliphatic carbocycles. The Morgan fingerprint density at radius 1 is 1.30 bits per heavy atom. The highest BCUT2D eigenvalue weighted by atomic mass is 35.5. The van der Waals surface area contributed by atoms with E-state index in [0.29, 0.717) is 18.2 Å². The number of hydrogen-bond donors (Lipinski definition) is 0. The maximum absolute atomic E-state index is 13.6. The van der Waals surface area contributed by atoms with Crippen molar-refractivity contribution in [3.8, 4) is 0 Å². The van der Waals surface area contributed by atoms with Gasteiger partial charge < -0.3 is 9.64 Å². The lowest BCUT2D eigenvalue weighted by Gasteiger charge is -2.33. The van der Waals surface area contributed by atoms with Crippen molar-refractivity contribution in [2.45, 2.75) is 50.2 Å². The van der Waals surface area contributed by atoms with Gasteiger partial charge in [-0.25, -0.2) is 4.68 Å². The first-order chi connectivity index (χ1) is 13.1. The molecule has 1 aliphatic heterocycles. The number of methoxy groups -OCH3 is 1. The van der Waals surface area contributed by atoms with Gasteiger partial charge in [-0.1, -0.05) is 41.8 Å². The van der Waals surface area contributed by atoms with E-state index in [1.165, 1.54) is 0 Å². The Morgan fingerprint density at radius 2 is 2.04 bits per heavy atom. The fraction of sp³-hybridized carbons (Fsp3) is 0.550. The molecular formula is C20H25ClN4O2. The fourth-order valence-electron chi connectivity index (χ4n) is 4.52. The van der Waals surface area contributed by atoms with Gasteiger partial charge in [0.15, 0.2) is 0 Å². The third-order valence-corrected chi connectivity index (χ3v) is 6.19. The van der Waals surface area contributed by atoms with Crippen molar-refractivity contribution in [2.24, 2.45) is 0 Å². The molecule has 0 bridgehead atoms. The molecule has 7 heteroatoms. The highest BCUT2D eigenvalue weighted by molar-refractivity contribution is 6.30. The summed E-state index contributed by atoms with van der Waals surface area (Å²) in [5.41, 5.74) is 1.51. The molecule has 1 aromatic heterocycles. The van der Waals surface area contributed by atoms with Crippen molar-refractivity contribution < 1.29 is 9.53 Å². The van der Waals surface area contributed by atoms with Gasteiger partial charge >= 0.3 is 0 Å². The number of ether oxygens (including phenoxy) is 1. The summed E-state index contributed by atoms with van der Waals surface area (Å²) in [7, 11) is 1.65. The number of benzene rings is 1. The molecule has 4 rings (SSSR count). The molecule has 0 N–H and O–H groups in total. The summed E-state index contributed by atoms with van der Waals surface area (Å²) in [5, 5.41) is 9.07. The van der Waals surface area contributed by atoms with Crippen LogP contribution >= 0.6 is 11.6 Å². The third kappa shape index (κ3) is 3.48. The maximum Gasteiger partial charge on any atom is 0.233 e. The largest absolute Gasteiger partial charge is 0.378 e. The lowest BCUT2D eigenvalue weighted by atomic mass is 9.77. The van der Waals surface area contributed by atoms with E-state index >= 15 is 0 Å². The van der Waals surface area contributed by atoms with Crippen molar-refractivity contribution in [2.75, 3.05) is 20.2 Å². The van der Waals surface area contributed by atoms with E-state index in [9.17, 15) is 4.79 Å². The number of halogens is 1. The quantitative estimate of drug-likeness (QED) is 0.787. The predicted molar refractivity (Wildman–Crippen MR) is 103 cm³/mol. The highest BCUT2D eigenvalue weighted by Crippen LogP contribution is 2.43. The molecule has 6 nitrogen and oxygen atoms in total. The molecule has 1 saturated heterocycles. The van der Waals surface area contributed by atoms with Crippen LogP contribution in [-0.4, -0.2) is 46.0 Å². The minimum atomic E-state index is -0.400. The smallest absolute Gasteiger partial charge is 0.233 e. The molecule has 0 spiro atoms. The summed E-state index contributed by atoms with van der Waals surface area (Å²) in [6, 6.07) is 8.00. The van der Waals surface area contributed by atoms with Crippen molar-refractivity contribution in [3.63, 3.8) is 0 Å². The van der Waals surface area contributed by atoms with Crippen molar-refractivity contribution in [1.82, 2.24) is 19.9 Å². The number of aromatic nitrogens is 3. The molecule has 2 aromatic rings. The van der Waals surface area contributed by atoms with Gasteiger partial charge in [-0.3, -0.25) is 4.79 Å². The minimum absolute atomic E-state index is 0.177. The first-order valence-corrected chi connectivity index (χ1v) is 9.95. The monoisotopic (exact) mass is 388 g/mol. The molecule has 1 saturated carbocycles. The third-order valence-electron chi connectivity index (χ3n) is 5.94. The molecule has 144 valence electrons. The summed E-state index contributed by atoms with van der Waals surface area (Å²) >= 11 is 6.06. The number of rotatable bonds is 5. The van der Waals surface area contributed by atoms with Crippen LogP contribution in [0.3, 0.4) is 0 Å². The van der Waals surface area contributed by atoms with Crippen LogP contribution in [0.15, 0.2) is 30.5 Å². The number of carbonyl (C=O) groups is 1. The van der Waals surface area contributed by atoms with E-state index in [1.807, 2.05) is 40.0 Å². The van der Waals surface area contributed by atoms with Gasteiger partial charge in [-0.2, -0.15) is 0 Å². The topological polar surface area (TPSA) is 60.2 Å². The van der Waals surface area contributed by atoms with Crippen molar-refractivity contribution in [3.05, 3.63) is 46.7 Å². The van der Waals surface area contributed by atoms with Crippen LogP contribution in [0.1, 0.15) is 49.4 Å². The number of carbonyl (C=O) groups excluding carboxylic acids is 1. The molecule has 0 radical (unpaired) electrons. The Kier molecular flexibility index (Phi) is 5.19. The molecule has 2 aliphatic rings. The lowest BCUT2D eigenvalue weighted by Crippen LogP contribution is -2.44. The van der Waals surface area contributed by atoms with Crippen LogP contribution in [0.2, 0.25) is 5.02 Å². The summed E-state index contributed by atoms with van der Waals surface area (Å²) in [5.74, 6) is 0.252. The van der Waals surface area contributed by atoms with Gasteiger partial charge in [-0.15, -0.1) is 5.10 Å². The predicted octanol–water partition coefficient (Wildman–Crippen LogP) is 3.36. The number of nitrogens with zero attached hydrogens (tertiary/aromatic N) is 4. The summed E-state index contributed by atoms with van der Waals surface area (Å²) in [6.45, 7) is 1.90. The summed E-state index contributed by atoms with van der Waals surface area (Å²) in [6.07, 6.45) is 6.83. The molecule has 27 heavy (non-hydrogen) atoms. The fourth-order valence-corrected chi connectivity index (χ4v) is 4.65. The second-order valence-electron chi connectivity index (χ2n) is 7.61. The zero-order valence-corrected chi connectivity index (χ0v) is 16.4. The van der Waals surface area contributed by atoms with Crippen molar-refractivity contribution in [1.29, 1.82) is 0 Å². The molecule has 0 unspecified atom stereocenters. The molecule has 1 amide bonds. The van der Waals surface area contributed by atoms with Crippen molar-refractivity contribution >= 4 is 17.5 Å². The number of likely N-dealkylation sites (tertiary alicyclic amines) is 1. The molecule has 1 aromatic carbocycles. The second-order valence-corrected chi connectivity index (χ2v) is 8.05. The molecule has 2 fully saturated rings. The number of amides is 1. The van der Waals surface area contributed by atoms with Crippen LogP contribution in [-0.2, 0) is 21.6 Å². The van der Waals surface area contributed by atoms with E-state index < -0.39 is 5.41 Å². The molecular weight excluding hydrogens is 364 g/mol. The van der Waals surface area contributed by atoms with Gasteiger partial charge in [0.25, 0.3) is 0 Å². The van der Waals surface area contributed by atoms with Crippen LogP contribution in [0.25, 0.3) is 0 Å². The van der Waals surface area contributed by atoms with Crippen LogP contribution in [0.5, 0.6) is 0 Å². The SMILES string of the molecule is COCc1cn([C@H]2CCN(C(=O)C3(c4ccc(Cl)cc4)CCCC3)C2)nn1. The van der Waals surface area contributed by atoms with E-state index in [-0.39, 0.29) is 11.9 Å². The Balaban J connectivity index is 1.52. The Labute approximate surface area is 164 Å². The average molecular weight is 389 g/mol. The maximum atomic E-state index is 13.6. The first kappa shape index (κ1) is 18.4. The van der Waals surface area contributed by atoms with E-state index in [4.69, 9.17) is 16.3 Å². The zero-order valence-electron chi connectivity index (χ0n) is 15.6. The minimum Gasteiger partial charge on any atom is -0.378 e. The molecule has 2 heterocycles. The number of hydrogen-bond acceptors (Lipinski definition) is 4. The van der Waals surface area contributed by atoms with Gasteiger partial charge in [0.05, 0.1) is 24.3 Å².